The van der Waals surface area contributed by atoms with Gasteiger partial charge in [0.2, 0.25) is 0 Å². The van der Waals surface area contributed by atoms with E-state index in [0.717, 1.165) is 23.9 Å². The molecule has 0 aromatic carbocycles. The number of hydrogen-bond donors (Lipinski definition) is 0. The minimum atomic E-state index is -1.84. The lowest BCUT2D eigenvalue weighted by Gasteiger charge is -2.62. The zero-order valence-corrected chi connectivity index (χ0v) is 17.4. The van der Waals surface area contributed by atoms with Crippen LogP contribution < -0.4 is 0 Å². The average molecular weight is 380 g/mol. The van der Waals surface area contributed by atoms with Gasteiger partial charge in [0.1, 0.15) is 0 Å². The van der Waals surface area contributed by atoms with Crippen LogP contribution in [0.3, 0.4) is 0 Å². The molecule has 136 valence electrons. The molecule has 0 unspecified atom stereocenters. The highest BCUT2D eigenvalue weighted by Gasteiger charge is 2.62. The maximum Gasteiger partial charge on any atom is 0.192 e. The van der Waals surface area contributed by atoms with Gasteiger partial charge >= 0.3 is 0 Å². The predicted molar refractivity (Wildman–Crippen MR) is 102 cm³/mol. The van der Waals surface area contributed by atoms with E-state index >= 15 is 0 Å². The van der Waals surface area contributed by atoms with Crippen molar-refractivity contribution in [3.8, 4) is 0 Å². The molecule has 3 aliphatic rings. The molecule has 5 nitrogen and oxygen atoms in total. The fourth-order valence-electron chi connectivity index (χ4n) is 4.11. The Morgan fingerprint density at radius 1 is 1.24 bits per heavy atom. The van der Waals surface area contributed by atoms with Crippen LogP contribution in [0, 0.1) is 0 Å². The van der Waals surface area contributed by atoms with Crippen molar-refractivity contribution in [2.45, 2.75) is 62.9 Å². The fourth-order valence-corrected chi connectivity index (χ4v) is 5.85. The summed E-state index contributed by atoms with van der Waals surface area (Å²) in [4.78, 5) is 0. The SMILES string of the molecule is CC(C)(C)[Si](C)(C)OC12COCC(n3ccc4cc(Cl)nnc43)(C1)C2. The summed E-state index contributed by atoms with van der Waals surface area (Å²) in [6, 6.07) is 3.91. The second-order valence-electron chi connectivity index (χ2n) is 9.25. The molecular weight excluding hydrogens is 354 g/mol. The lowest BCUT2D eigenvalue weighted by molar-refractivity contribution is -0.218. The molecule has 7 heteroatoms. The maximum absolute atomic E-state index is 6.79. The van der Waals surface area contributed by atoms with E-state index in [0.29, 0.717) is 18.4 Å². The van der Waals surface area contributed by atoms with Crippen molar-refractivity contribution in [3.63, 3.8) is 0 Å². The van der Waals surface area contributed by atoms with E-state index in [2.05, 4.69) is 54.8 Å². The summed E-state index contributed by atoms with van der Waals surface area (Å²) >= 11 is 5.97. The van der Waals surface area contributed by atoms with Gasteiger partial charge in [-0.3, -0.25) is 0 Å². The van der Waals surface area contributed by atoms with Gasteiger partial charge in [-0.2, -0.15) is 0 Å². The van der Waals surface area contributed by atoms with Crippen LogP contribution in [0.4, 0.5) is 0 Å². The van der Waals surface area contributed by atoms with Crippen molar-refractivity contribution in [2.24, 2.45) is 0 Å². The molecule has 0 radical (unpaired) electrons. The number of aromatic nitrogens is 3. The highest BCUT2D eigenvalue weighted by atomic mass is 35.5. The zero-order valence-electron chi connectivity index (χ0n) is 15.6. The van der Waals surface area contributed by atoms with Crippen molar-refractivity contribution in [1.82, 2.24) is 14.8 Å². The van der Waals surface area contributed by atoms with E-state index in [4.69, 9.17) is 20.8 Å². The van der Waals surface area contributed by atoms with Gasteiger partial charge in [-0.25, -0.2) is 0 Å². The molecule has 1 aliphatic carbocycles. The molecule has 2 saturated heterocycles. The van der Waals surface area contributed by atoms with Gasteiger partial charge in [-0.15, -0.1) is 10.2 Å². The Bertz CT molecular complexity index is 821. The van der Waals surface area contributed by atoms with Crippen molar-refractivity contribution in [2.75, 3.05) is 13.2 Å². The Balaban J connectivity index is 1.63. The maximum atomic E-state index is 6.79. The number of rotatable bonds is 3. The van der Waals surface area contributed by atoms with E-state index in [1.54, 1.807) is 0 Å². The summed E-state index contributed by atoms with van der Waals surface area (Å²) in [5, 5.41) is 9.97. The molecule has 2 aromatic heterocycles. The standard InChI is InChI=1S/C18H26ClN3O2Si/c1-16(2,3)25(4,5)24-18-9-17(10-18,11-23-12-18)22-7-6-13-8-14(19)20-21-15(13)22/h6-8H,9-12H2,1-5H3. The molecule has 2 bridgehead atoms. The van der Waals surface area contributed by atoms with Crippen LogP contribution in [0.25, 0.3) is 11.0 Å². The molecule has 3 fully saturated rings. The number of nitrogens with zero attached hydrogens (tertiary/aromatic N) is 3. The lowest BCUT2D eigenvalue weighted by Crippen LogP contribution is -2.70. The van der Waals surface area contributed by atoms with Crippen molar-refractivity contribution in [1.29, 1.82) is 0 Å². The molecule has 0 spiro atoms. The van der Waals surface area contributed by atoms with Gasteiger partial charge in [-0.05, 0) is 30.3 Å². The van der Waals surface area contributed by atoms with Gasteiger partial charge in [0.25, 0.3) is 0 Å². The molecule has 4 heterocycles. The smallest absolute Gasteiger partial charge is 0.192 e. The first-order chi connectivity index (χ1) is 11.6. The van der Waals surface area contributed by atoms with Crippen molar-refractivity contribution >= 4 is 31.0 Å². The van der Waals surface area contributed by atoms with Gasteiger partial charge < -0.3 is 13.7 Å². The molecule has 1 saturated carbocycles. The summed E-state index contributed by atoms with van der Waals surface area (Å²) in [5.41, 5.74) is 0.638. The van der Waals surface area contributed by atoms with Crippen LogP contribution in [-0.4, -0.2) is 41.9 Å². The topological polar surface area (TPSA) is 49.2 Å². The fraction of sp³-hybridized carbons (Fsp3) is 0.667. The Morgan fingerprint density at radius 3 is 2.64 bits per heavy atom. The van der Waals surface area contributed by atoms with E-state index in [9.17, 15) is 0 Å². The minimum absolute atomic E-state index is 0.0785. The summed E-state index contributed by atoms with van der Waals surface area (Å²) < 4.78 is 15.0. The third kappa shape index (κ3) is 2.65. The molecule has 2 aliphatic heterocycles. The van der Waals surface area contributed by atoms with Crippen LogP contribution in [-0.2, 0) is 14.7 Å². The summed E-state index contributed by atoms with van der Waals surface area (Å²) in [6.45, 7) is 12.9. The molecular formula is C18H26ClN3O2Si. The average Bonchev–Trinajstić information content (AvgIpc) is 2.88. The van der Waals surface area contributed by atoms with E-state index in [1.807, 2.05) is 12.1 Å². The quantitative estimate of drug-likeness (QED) is 0.743. The van der Waals surface area contributed by atoms with Crippen LogP contribution in [0.1, 0.15) is 33.6 Å². The molecule has 0 atom stereocenters. The Labute approximate surface area is 154 Å². The normalized spacial score (nSPS) is 29.7. The predicted octanol–water partition coefficient (Wildman–Crippen LogP) is 4.36. The van der Waals surface area contributed by atoms with E-state index < -0.39 is 8.32 Å². The molecule has 5 rings (SSSR count). The van der Waals surface area contributed by atoms with Gasteiger partial charge in [0.15, 0.2) is 19.1 Å². The highest BCUT2D eigenvalue weighted by Crippen LogP contribution is 2.56. The van der Waals surface area contributed by atoms with Crippen molar-refractivity contribution in [3.05, 3.63) is 23.5 Å². The van der Waals surface area contributed by atoms with Gasteiger partial charge in [0, 0.05) is 24.4 Å². The van der Waals surface area contributed by atoms with Crippen LogP contribution in [0.15, 0.2) is 18.3 Å². The molecule has 0 amide bonds. The Hall–Kier alpha value is -0.953. The first-order valence-corrected chi connectivity index (χ1v) is 12.1. The van der Waals surface area contributed by atoms with Crippen molar-refractivity contribution < 1.29 is 9.16 Å². The van der Waals surface area contributed by atoms with E-state index in [1.165, 1.54) is 0 Å². The second-order valence-corrected chi connectivity index (χ2v) is 14.4. The number of ether oxygens (including phenoxy) is 1. The zero-order chi connectivity index (χ0) is 18.1. The summed E-state index contributed by atoms with van der Waals surface area (Å²) in [5.74, 6) is 0. The summed E-state index contributed by atoms with van der Waals surface area (Å²) in [6.07, 6.45) is 4.03. The Kier molecular flexibility index (Phi) is 3.69. The summed E-state index contributed by atoms with van der Waals surface area (Å²) in [7, 11) is -1.84. The monoisotopic (exact) mass is 379 g/mol. The third-order valence-corrected chi connectivity index (χ3v) is 11.0. The Morgan fingerprint density at radius 2 is 1.96 bits per heavy atom. The number of fused-ring (bicyclic) bond motifs is 3. The molecule has 0 N–H and O–H groups in total. The van der Waals surface area contributed by atoms with Gasteiger partial charge in [0.05, 0.1) is 24.4 Å². The minimum Gasteiger partial charge on any atom is -0.409 e. The number of halogens is 1. The first-order valence-electron chi connectivity index (χ1n) is 8.85. The largest absolute Gasteiger partial charge is 0.409 e. The first kappa shape index (κ1) is 17.5. The number of hydrogen-bond acceptors (Lipinski definition) is 4. The third-order valence-electron chi connectivity index (χ3n) is 6.23. The van der Waals surface area contributed by atoms with E-state index in [-0.39, 0.29) is 16.2 Å². The molecule has 25 heavy (non-hydrogen) atoms. The van der Waals surface area contributed by atoms with Gasteiger partial charge in [-0.1, -0.05) is 32.4 Å². The second kappa shape index (κ2) is 5.28. The van der Waals surface area contributed by atoms with Crippen LogP contribution in [0.2, 0.25) is 23.3 Å². The lowest BCUT2D eigenvalue weighted by atomic mass is 9.63. The van der Waals surface area contributed by atoms with Crippen LogP contribution in [0.5, 0.6) is 0 Å². The molecule has 2 aromatic rings. The highest BCUT2D eigenvalue weighted by molar-refractivity contribution is 6.74. The van der Waals surface area contributed by atoms with Crippen LogP contribution >= 0.6 is 11.6 Å².